The van der Waals surface area contributed by atoms with Crippen LogP contribution in [0.15, 0.2) is 35.1 Å². The number of pyridine rings is 1. The Kier molecular flexibility index (Phi) is 2.61. The molecular weight excluding hydrogens is 192 g/mol. The molecule has 0 spiro atoms. The third kappa shape index (κ3) is 2.31. The number of anilines is 1. The van der Waals surface area contributed by atoms with E-state index in [1.54, 1.807) is 24.3 Å². The first-order chi connectivity index (χ1) is 7.38. The molecule has 0 saturated heterocycles. The first kappa shape index (κ1) is 9.21. The van der Waals surface area contributed by atoms with Gasteiger partial charge in [0, 0.05) is 6.07 Å². The molecule has 0 unspecified atom stereocenters. The van der Waals surface area contributed by atoms with Gasteiger partial charge in [0.2, 0.25) is 0 Å². The van der Waals surface area contributed by atoms with Crippen molar-refractivity contribution in [3.63, 3.8) is 0 Å². The summed E-state index contributed by atoms with van der Waals surface area (Å²) in [5, 5.41) is 15.4. The summed E-state index contributed by atoms with van der Waals surface area (Å²) in [6.45, 7) is 0.526. The molecule has 5 nitrogen and oxygen atoms in total. The molecular formula is C10H8N4O. The molecule has 0 fully saturated rings. The lowest BCUT2D eigenvalue weighted by Crippen LogP contribution is -2.01. The molecule has 15 heavy (non-hydrogen) atoms. The Hall–Kier alpha value is -2.35. The standard InChI is InChI=1S/C10H8N4O/c11-6-8-2-1-3-10(13-8)12-7-9-4-5-15-14-9/h1-5H,7H2,(H,12,13). The SMILES string of the molecule is N#Cc1cccc(NCc2ccon2)n1. The first-order valence-electron chi connectivity index (χ1n) is 4.39. The van der Waals surface area contributed by atoms with Crippen molar-refractivity contribution in [3.05, 3.63) is 41.9 Å². The highest BCUT2D eigenvalue weighted by molar-refractivity contribution is 5.38. The minimum Gasteiger partial charge on any atom is -0.364 e. The Morgan fingerprint density at radius 3 is 3.07 bits per heavy atom. The number of hydrogen-bond acceptors (Lipinski definition) is 5. The molecule has 0 aliphatic heterocycles. The predicted molar refractivity (Wildman–Crippen MR) is 52.8 cm³/mol. The van der Waals surface area contributed by atoms with Crippen molar-refractivity contribution < 1.29 is 4.52 Å². The summed E-state index contributed by atoms with van der Waals surface area (Å²) in [7, 11) is 0. The average molecular weight is 200 g/mol. The van der Waals surface area contributed by atoms with E-state index in [1.165, 1.54) is 6.26 Å². The van der Waals surface area contributed by atoms with Crippen molar-refractivity contribution >= 4 is 5.82 Å². The molecule has 2 aromatic heterocycles. The lowest BCUT2D eigenvalue weighted by Gasteiger charge is -2.02. The average Bonchev–Trinajstić information content (AvgIpc) is 2.79. The van der Waals surface area contributed by atoms with Crippen LogP contribution in [-0.2, 0) is 6.54 Å². The molecule has 0 bridgehead atoms. The molecule has 0 atom stereocenters. The number of rotatable bonds is 3. The van der Waals surface area contributed by atoms with E-state index >= 15 is 0 Å². The largest absolute Gasteiger partial charge is 0.364 e. The normalized spacial score (nSPS) is 9.53. The summed E-state index contributed by atoms with van der Waals surface area (Å²) in [4.78, 5) is 4.06. The molecule has 5 heteroatoms. The van der Waals surface area contributed by atoms with Gasteiger partial charge in [-0.15, -0.1) is 0 Å². The molecule has 2 aromatic rings. The molecule has 0 saturated carbocycles. The van der Waals surface area contributed by atoms with Gasteiger partial charge in [-0.3, -0.25) is 0 Å². The molecule has 0 aliphatic rings. The van der Waals surface area contributed by atoms with Crippen LogP contribution >= 0.6 is 0 Å². The van der Waals surface area contributed by atoms with E-state index in [0.29, 0.717) is 18.1 Å². The number of nitriles is 1. The van der Waals surface area contributed by atoms with E-state index in [0.717, 1.165) is 5.69 Å². The topological polar surface area (TPSA) is 74.7 Å². The molecule has 2 heterocycles. The first-order valence-corrected chi connectivity index (χ1v) is 4.39. The third-order valence-electron chi connectivity index (χ3n) is 1.81. The number of nitrogens with zero attached hydrogens (tertiary/aromatic N) is 3. The fourth-order valence-electron chi connectivity index (χ4n) is 1.11. The Labute approximate surface area is 86.3 Å². The van der Waals surface area contributed by atoms with Crippen LogP contribution in [0.3, 0.4) is 0 Å². The summed E-state index contributed by atoms with van der Waals surface area (Å²) in [6.07, 6.45) is 1.51. The zero-order valence-electron chi connectivity index (χ0n) is 7.84. The number of aromatic nitrogens is 2. The van der Waals surface area contributed by atoms with Gasteiger partial charge in [-0.2, -0.15) is 5.26 Å². The third-order valence-corrected chi connectivity index (χ3v) is 1.81. The van der Waals surface area contributed by atoms with E-state index in [1.807, 2.05) is 6.07 Å². The van der Waals surface area contributed by atoms with Gasteiger partial charge in [-0.25, -0.2) is 4.98 Å². The zero-order chi connectivity index (χ0) is 10.5. The van der Waals surface area contributed by atoms with E-state index in [9.17, 15) is 0 Å². The van der Waals surface area contributed by atoms with Crippen LogP contribution in [0.5, 0.6) is 0 Å². The van der Waals surface area contributed by atoms with E-state index in [2.05, 4.69) is 20.0 Å². The van der Waals surface area contributed by atoms with Crippen LogP contribution in [0.25, 0.3) is 0 Å². The zero-order valence-corrected chi connectivity index (χ0v) is 7.84. The van der Waals surface area contributed by atoms with Gasteiger partial charge in [-0.1, -0.05) is 11.2 Å². The minimum atomic E-state index is 0.389. The molecule has 74 valence electrons. The maximum Gasteiger partial charge on any atom is 0.142 e. The Bertz CT molecular complexity index is 472. The van der Waals surface area contributed by atoms with Gasteiger partial charge >= 0.3 is 0 Å². The summed E-state index contributed by atoms with van der Waals surface area (Å²) >= 11 is 0. The molecule has 0 radical (unpaired) electrons. The maximum absolute atomic E-state index is 8.65. The Balaban J connectivity index is 2.02. The predicted octanol–water partition coefficient (Wildman–Crippen LogP) is 1.55. The molecule has 2 rings (SSSR count). The van der Waals surface area contributed by atoms with Crippen molar-refractivity contribution in [1.82, 2.24) is 10.1 Å². The lowest BCUT2D eigenvalue weighted by molar-refractivity contribution is 0.412. The van der Waals surface area contributed by atoms with Gasteiger partial charge in [0.25, 0.3) is 0 Å². The number of nitrogens with one attached hydrogen (secondary N) is 1. The Morgan fingerprint density at radius 2 is 2.33 bits per heavy atom. The highest BCUT2D eigenvalue weighted by atomic mass is 16.5. The molecule has 0 aromatic carbocycles. The Morgan fingerprint density at radius 1 is 1.40 bits per heavy atom. The second kappa shape index (κ2) is 4.24. The smallest absolute Gasteiger partial charge is 0.142 e. The fourth-order valence-corrected chi connectivity index (χ4v) is 1.11. The van der Waals surface area contributed by atoms with Crippen molar-refractivity contribution in [2.75, 3.05) is 5.32 Å². The fraction of sp³-hybridized carbons (Fsp3) is 0.100. The van der Waals surface area contributed by atoms with Crippen LogP contribution < -0.4 is 5.32 Å². The summed E-state index contributed by atoms with van der Waals surface area (Å²) in [5.41, 5.74) is 1.18. The van der Waals surface area contributed by atoms with Gasteiger partial charge in [0.1, 0.15) is 29.5 Å². The van der Waals surface area contributed by atoms with Crippen molar-refractivity contribution in [2.45, 2.75) is 6.54 Å². The van der Waals surface area contributed by atoms with Crippen molar-refractivity contribution in [3.8, 4) is 6.07 Å². The maximum atomic E-state index is 8.65. The summed E-state index contributed by atoms with van der Waals surface area (Å²) < 4.78 is 4.69. The van der Waals surface area contributed by atoms with Crippen LogP contribution in [0.2, 0.25) is 0 Å². The molecule has 0 amide bonds. The van der Waals surface area contributed by atoms with Crippen molar-refractivity contribution in [2.24, 2.45) is 0 Å². The molecule has 1 N–H and O–H groups in total. The van der Waals surface area contributed by atoms with Crippen molar-refractivity contribution in [1.29, 1.82) is 5.26 Å². The lowest BCUT2D eigenvalue weighted by atomic mass is 10.3. The van der Waals surface area contributed by atoms with E-state index in [4.69, 9.17) is 5.26 Å². The van der Waals surface area contributed by atoms with Gasteiger partial charge in [0.05, 0.1) is 6.54 Å². The minimum absolute atomic E-state index is 0.389. The van der Waals surface area contributed by atoms with Crippen LogP contribution in [0, 0.1) is 11.3 Å². The van der Waals surface area contributed by atoms with Gasteiger partial charge < -0.3 is 9.84 Å². The highest BCUT2D eigenvalue weighted by Crippen LogP contribution is 2.05. The van der Waals surface area contributed by atoms with E-state index in [-0.39, 0.29) is 0 Å². The van der Waals surface area contributed by atoms with Crippen LogP contribution in [0.4, 0.5) is 5.82 Å². The summed E-state index contributed by atoms with van der Waals surface area (Å²) in [5.74, 6) is 0.650. The molecule has 0 aliphatic carbocycles. The second-order valence-electron chi connectivity index (χ2n) is 2.86. The monoisotopic (exact) mass is 200 g/mol. The van der Waals surface area contributed by atoms with Crippen LogP contribution in [-0.4, -0.2) is 10.1 Å². The number of hydrogen-bond donors (Lipinski definition) is 1. The van der Waals surface area contributed by atoms with E-state index < -0.39 is 0 Å². The second-order valence-corrected chi connectivity index (χ2v) is 2.86. The quantitative estimate of drug-likeness (QED) is 0.813. The van der Waals surface area contributed by atoms with Gasteiger partial charge in [0.15, 0.2) is 0 Å². The summed E-state index contributed by atoms with van der Waals surface area (Å²) in [6, 6.07) is 8.96. The van der Waals surface area contributed by atoms with Crippen LogP contribution in [0.1, 0.15) is 11.4 Å². The van der Waals surface area contributed by atoms with Gasteiger partial charge in [-0.05, 0) is 12.1 Å². The highest BCUT2D eigenvalue weighted by Gasteiger charge is 1.98.